The van der Waals surface area contributed by atoms with E-state index in [-0.39, 0.29) is 6.04 Å². The maximum Gasteiger partial charge on any atom is 0.149 e. The van der Waals surface area contributed by atoms with Crippen molar-refractivity contribution in [2.45, 2.75) is 13.0 Å². The Balaban J connectivity index is 2.14. The van der Waals surface area contributed by atoms with E-state index in [1.165, 1.54) is 10.1 Å². The number of nitrogens with zero attached hydrogens (tertiary/aromatic N) is 2. The Morgan fingerprint density at radius 1 is 1.24 bits per heavy atom. The third-order valence-corrected chi connectivity index (χ3v) is 4.66. The fourth-order valence-corrected chi connectivity index (χ4v) is 3.52. The topological polar surface area (TPSA) is 51.8 Å². The van der Waals surface area contributed by atoms with Crippen molar-refractivity contribution in [2.24, 2.45) is 5.73 Å². The first-order valence-corrected chi connectivity index (χ1v) is 7.01. The first-order valence-electron chi connectivity index (χ1n) is 5.31. The number of rotatable bonds is 2. The molecule has 0 aliphatic heterocycles. The summed E-state index contributed by atoms with van der Waals surface area (Å²) in [5.74, 6) is 0. The van der Waals surface area contributed by atoms with Gasteiger partial charge in [-0.05, 0) is 13.0 Å². The molecule has 1 unspecified atom stereocenters. The van der Waals surface area contributed by atoms with Gasteiger partial charge in [-0.1, -0.05) is 29.5 Å². The number of thiophene rings is 1. The fourth-order valence-electron chi connectivity index (χ4n) is 1.67. The molecule has 17 heavy (non-hydrogen) atoms. The van der Waals surface area contributed by atoms with Crippen molar-refractivity contribution in [3.63, 3.8) is 0 Å². The summed E-state index contributed by atoms with van der Waals surface area (Å²) in [6.45, 7) is 1.93. The van der Waals surface area contributed by atoms with Gasteiger partial charge in [-0.3, -0.25) is 0 Å². The summed E-state index contributed by atoms with van der Waals surface area (Å²) in [5, 5.41) is 13.6. The van der Waals surface area contributed by atoms with Crippen molar-refractivity contribution in [3.8, 4) is 10.6 Å². The molecule has 0 amide bonds. The van der Waals surface area contributed by atoms with E-state index in [4.69, 9.17) is 5.73 Å². The molecular formula is C12H11N3S2. The third kappa shape index (κ3) is 1.86. The van der Waals surface area contributed by atoms with Gasteiger partial charge >= 0.3 is 0 Å². The summed E-state index contributed by atoms with van der Waals surface area (Å²) in [4.78, 5) is 0. The van der Waals surface area contributed by atoms with Gasteiger partial charge in [0.15, 0.2) is 0 Å². The van der Waals surface area contributed by atoms with E-state index in [0.29, 0.717) is 0 Å². The van der Waals surface area contributed by atoms with Gasteiger partial charge in [0, 0.05) is 21.0 Å². The molecule has 0 bridgehead atoms. The van der Waals surface area contributed by atoms with Gasteiger partial charge in [0.05, 0.1) is 6.04 Å². The van der Waals surface area contributed by atoms with Crippen LogP contribution in [0.25, 0.3) is 20.7 Å². The maximum absolute atomic E-state index is 5.80. The van der Waals surface area contributed by atoms with E-state index in [1.807, 2.05) is 13.0 Å². The highest BCUT2D eigenvalue weighted by molar-refractivity contribution is 7.19. The lowest BCUT2D eigenvalue weighted by molar-refractivity contribution is 0.786. The molecule has 0 saturated heterocycles. The summed E-state index contributed by atoms with van der Waals surface area (Å²) in [6.07, 6.45) is 0. The van der Waals surface area contributed by atoms with Crippen LogP contribution in [-0.2, 0) is 0 Å². The van der Waals surface area contributed by atoms with Crippen LogP contribution in [0.15, 0.2) is 29.6 Å². The number of nitrogens with two attached hydrogens (primary N) is 1. The Labute approximate surface area is 107 Å². The van der Waals surface area contributed by atoms with Crippen LogP contribution in [0.4, 0.5) is 0 Å². The van der Waals surface area contributed by atoms with Crippen molar-refractivity contribution in [3.05, 3.63) is 34.7 Å². The van der Waals surface area contributed by atoms with E-state index in [0.717, 1.165) is 15.6 Å². The van der Waals surface area contributed by atoms with Crippen LogP contribution < -0.4 is 5.73 Å². The van der Waals surface area contributed by atoms with Gasteiger partial charge in [0.2, 0.25) is 0 Å². The van der Waals surface area contributed by atoms with Crippen LogP contribution in [-0.4, -0.2) is 10.2 Å². The standard InChI is InChI=1S/C12H11N3S2/c1-7(13)11-14-15-12(17-11)9-6-16-10-5-3-2-4-8(9)10/h2-7H,13H2,1H3. The van der Waals surface area contributed by atoms with Crippen molar-refractivity contribution < 1.29 is 0 Å². The highest BCUT2D eigenvalue weighted by atomic mass is 32.1. The fraction of sp³-hybridized carbons (Fsp3) is 0.167. The lowest BCUT2D eigenvalue weighted by atomic mass is 10.2. The molecule has 3 rings (SSSR count). The average molecular weight is 261 g/mol. The molecule has 5 heteroatoms. The molecule has 2 N–H and O–H groups in total. The summed E-state index contributed by atoms with van der Waals surface area (Å²) in [5.41, 5.74) is 6.97. The minimum absolute atomic E-state index is 0.0499. The van der Waals surface area contributed by atoms with Crippen LogP contribution in [0.5, 0.6) is 0 Å². The van der Waals surface area contributed by atoms with Crippen molar-refractivity contribution >= 4 is 32.8 Å². The first-order chi connectivity index (χ1) is 8.25. The third-order valence-electron chi connectivity index (χ3n) is 2.54. The molecule has 0 aliphatic carbocycles. The van der Waals surface area contributed by atoms with Crippen molar-refractivity contribution in [2.75, 3.05) is 0 Å². The molecule has 1 atom stereocenters. The zero-order valence-electron chi connectivity index (χ0n) is 9.25. The minimum atomic E-state index is -0.0499. The second-order valence-electron chi connectivity index (χ2n) is 3.88. The zero-order valence-corrected chi connectivity index (χ0v) is 10.9. The Bertz CT molecular complexity index is 654. The Hall–Kier alpha value is -1.30. The molecule has 0 saturated carbocycles. The Morgan fingerprint density at radius 3 is 2.82 bits per heavy atom. The van der Waals surface area contributed by atoms with Crippen LogP contribution in [0.2, 0.25) is 0 Å². The molecule has 0 radical (unpaired) electrons. The SMILES string of the molecule is CC(N)c1nnc(-c2csc3ccccc23)s1. The van der Waals surface area contributed by atoms with E-state index >= 15 is 0 Å². The zero-order chi connectivity index (χ0) is 11.8. The molecule has 2 aromatic heterocycles. The molecule has 1 aromatic carbocycles. The van der Waals surface area contributed by atoms with Gasteiger partial charge in [0.1, 0.15) is 10.0 Å². The lowest BCUT2D eigenvalue weighted by Gasteiger charge is -1.95. The van der Waals surface area contributed by atoms with E-state index in [2.05, 4.69) is 33.8 Å². The summed E-state index contributed by atoms with van der Waals surface area (Å²) >= 11 is 3.31. The lowest BCUT2D eigenvalue weighted by Crippen LogP contribution is -2.03. The summed E-state index contributed by atoms with van der Waals surface area (Å²) < 4.78 is 1.28. The molecular weight excluding hydrogens is 250 g/mol. The van der Waals surface area contributed by atoms with E-state index < -0.39 is 0 Å². The Morgan fingerprint density at radius 2 is 2.06 bits per heavy atom. The molecule has 86 valence electrons. The molecule has 3 nitrogen and oxygen atoms in total. The van der Waals surface area contributed by atoms with Crippen molar-refractivity contribution in [1.82, 2.24) is 10.2 Å². The van der Waals surface area contributed by atoms with Gasteiger partial charge in [-0.25, -0.2) is 0 Å². The number of benzene rings is 1. The second-order valence-corrected chi connectivity index (χ2v) is 5.80. The van der Waals surface area contributed by atoms with Crippen LogP contribution in [0, 0.1) is 0 Å². The van der Waals surface area contributed by atoms with Gasteiger partial charge in [0.25, 0.3) is 0 Å². The largest absolute Gasteiger partial charge is 0.322 e. The minimum Gasteiger partial charge on any atom is -0.322 e. The van der Waals surface area contributed by atoms with E-state index in [1.54, 1.807) is 22.7 Å². The van der Waals surface area contributed by atoms with E-state index in [9.17, 15) is 0 Å². The van der Waals surface area contributed by atoms with Crippen LogP contribution in [0.1, 0.15) is 18.0 Å². The Kier molecular flexibility index (Phi) is 2.66. The predicted molar refractivity (Wildman–Crippen MR) is 73.3 cm³/mol. The highest BCUT2D eigenvalue weighted by Gasteiger charge is 2.13. The number of fused-ring (bicyclic) bond motifs is 1. The number of hydrogen-bond donors (Lipinski definition) is 1. The van der Waals surface area contributed by atoms with Gasteiger partial charge in [-0.2, -0.15) is 0 Å². The van der Waals surface area contributed by atoms with Gasteiger partial charge in [-0.15, -0.1) is 21.5 Å². The highest BCUT2D eigenvalue weighted by Crippen LogP contribution is 2.35. The molecule has 0 fully saturated rings. The monoisotopic (exact) mass is 261 g/mol. The maximum atomic E-state index is 5.80. The van der Waals surface area contributed by atoms with Crippen molar-refractivity contribution in [1.29, 1.82) is 0 Å². The summed E-state index contributed by atoms with van der Waals surface area (Å²) in [7, 11) is 0. The number of aromatic nitrogens is 2. The van der Waals surface area contributed by atoms with Crippen LogP contribution in [0.3, 0.4) is 0 Å². The van der Waals surface area contributed by atoms with Gasteiger partial charge < -0.3 is 5.73 Å². The number of hydrogen-bond acceptors (Lipinski definition) is 5. The smallest absolute Gasteiger partial charge is 0.149 e. The first kappa shape index (κ1) is 10.8. The normalized spacial score (nSPS) is 13.1. The second kappa shape index (κ2) is 4.18. The average Bonchev–Trinajstić information content (AvgIpc) is 2.95. The molecule has 3 aromatic rings. The molecule has 0 spiro atoms. The van der Waals surface area contributed by atoms with Crippen LogP contribution >= 0.6 is 22.7 Å². The molecule has 0 aliphatic rings. The molecule has 2 heterocycles. The predicted octanol–water partition coefficient (Wildman–Crippen LogP) is 3.44. The quantitative estimate of drug-likeness (QED) is 0.768. The summed E-state index contributed by atoms with van der Waals surface area (Å²) in [6, 6.07) is 8.29.